The highest BCUT2D eigenvalue weighted by Gasteiger charge is 2.02. The predicted octanol–water partition coefficient (Wildman–Crippen LogP) is 2.38. The van der Waals surface area contributed by atoms with Crippen molar-refractivity contribution >= 4 is 21.6 Å². The van der Waals surface area contributed by atoms with Crippen LogP contribution in [0.1, 0.15) is 6.92 Å². The second kappa shape index (κ2) is 4.58. The van der Waals surface area contributed by atoms with Crippen LogP contribution in [0.5, 0.6) is 0 Å². The molecule has 0 aliphatic carbocycles. The van der Waals surface area contributed by atoms with Crippen LogP contribution in [0.3, 0.4) is 0 Å². The van der Waals surface area contributed by atoms with Crippen molar-refractivity contribution in [1.29, 1.82) is 0 Å². The van der Waals surface area contributed by atoms with Gasteiger partial charge in [0.2, 0.25) is 0 Å². The second-order valence-corrected chi connectivity index (χ2v) is 3.77. The summed E-state index contributed by atoms with van der Waals surface area (Å²) >= 11 is 3.16. The van der Waals surface area contributed by atoms with Gasteiger partial charge in [-0.15, -0.1) is 0 Å². The molecule has 2 N–H and O–H groups in total. The summed E-state index contributed by atoms with van der Waals surface area (Å²) < 4.78 is 13.8. The van der Waals surface area contributed by atoms with Crippen molar-refractivity contribution in [2.24, 2.45) is 0 Å². The lowest BCUT2D eigenvalue weighted by atomic mass is 10.3. The van der Waals surface area contributed by atoms with Crippen LogP contribution in [0.2, 0.25) is 0 Å². The third-order valence-electron chi connectivity index (χ3n) is 1.52. The number of aliphatic hydroxyl groups is 1. The van der Waals surface area contributed by atoms with Crippen LogP contribution < -0.4 is 5.32 Å². The maximum atomic E-state index is 13.1. The van der Waals surface area contributed by atoms with Crippen LogP contribution in [0.4, 0.5) is 10.1 Å². The molecule has 1 aromatic carbocycles. The molecular formula is C9H11BrFNO. The fraction of sp³-hybridized carbons (Fsp3) is 0.333. The summed E-state index contributed by atoms with van der Waals surface area (Å²) in [5, 5.41) is 11.8. The average Bonchev–Trinajstić information content (AvgIpc) is 2.02. The van der Waals surface area contributed by atoms with E-state index in [1.807, 2.05) is 0 Å². The molecule has 13 heavy (non-hydrogen) atoms. The van der Waals surface area contributed by atoms with Gasteiger partial charge in [0.15, 0.2) is 0 Å². The average molecular weight is 248 g/mol. The highest BCUT2D eigenvalue weighted by Crippen LogP contribution is 2.18. The minimum absolute atomic E-state index is 0.324. The molecule has 0 unspecified atom stereocenters. The van der Waals surface area contributed by atoms with Crippen LogP contribution in [0.25, 0.3) is 0 Å². The molecule has 0 aliphatic heterocycles. The normalized spacial score (nSPS) is 12.6. The van der Waals surface area contributed by atoms with E-state index in [-0.39, 0.29) is 5.82 Å². The first kappa shape index (κ1) is 10.5. The van der Waals surface area contributed by atoms with Gasteiger partial charge < -0.3 is 10.4 Å². The molecular weight excluding hydrogens is 237 g/mol. The Morgan fingerprint density at radius 1 is 1.62 bits per heavy atom. The summed E-state index contributed by atoms with van der Waals surface area (Å²) in [5.41, 5.74) is 0.407. The Hall–Kier alpha value is -0.610. The van der Waals surface area contributed by atoms with E-state index in [9.17, 15) is 4.39 Å². The molecule has 0 heterocycles. The van der Waals surface area contributed by atoms with Crippen LogP contribution in [-0.2, 0) is 0 Å². The van der Waals surface area contributed by atoms with E-state index in [0.29, 0.717) is 16.7 Å². The van der Waals surface area contributed by atoms with Gasteiger partial charge in [0.25, 0.3) is 0 Å². The Kier molecular flexibility index (Phi) is 3.69. The molecule has 0 aliphatic rings. The Bertz CT molecular complexity index is 291. The van der Waals surface area contributed by atoms with E-state index in [1.165, 1.54) is 6.07 Å². The van der Waals surface area contributed by atoms with Gasteiger partial charge >= 0.3 is 0 Å². The molecule has 2 nitrogen and oxygen atoms in total. The first-order chi connectivity index (χ1) is 6.09. The van der Waals surface area contributed by atoms with Crippen LogP contribution >= 0.6 is 15.9 Å². The maximum Gasteiger partial charge on any atom is 0.147 e. The second-order valence-electron chi connectivity index (χ2n) is 2.85. The van der Waals surface area contributed by atoms with Gasteiger partial charge in [-0.1, -0.05) is 15.9 Å². The van der Waals surface area contributed by atoms with Gasteiger partial charge in [0, 0.05) is 11.0 Å². The van der Waals surface area contributed by atoms with Crippen molar-refractivity contribution in [1.82, 2.24) is 0 Å². The zero-order valence-electron chi connectivity index (χ0n) is 7.22. The zero-order chi connectivity index (χ0) is 9.84. The highest BCUT2D eigenvalue weighted by molar-refractivity contribution is 9.10. The quantitative estimate of drug-likeness (QED) is 0.860. The van der Waals surface area contributed by atoms with Gasteiger partial charge in [-0.3, -0.25) is 0 Å². The molecule has 0 bridgehead atoms. The van der Waals surface area contributed by atoms with E-state index in [4.69, 9.17) is 5.11 Å². The molecule has 0 amide bonds. The van der Waals surface area contributed by atoms with Crippen molar-refractivity contribution in [3.05, 3.63) is 28.5 Å². The number of aliphatic hydroxyl groups excluding tert-OH is 1. The molecule has 0 radical (unpaired) electrons. The Morgan fingerprint density at radius 3 is 2.85 bits per heavy atom. The lowest BCUT2D eigenvalue weighted by Gasteiger charge is -2.09. The zero-order valence-corrected chi connectivity index (χ0v) is 8.81. The third-order valence-corrected chi connectivity index (χ3v) is 2.01. The Labute approximate surface area is 84.9 Å². The summed E-state index contributed by atoms with van der Waals surface area (Å²) in [5.74, 6) is -0.324. The van der Waals surface area contributed by atoms with Crippen molar-refractivity contribution in [2.75, 3.05) is 11.9 Å². The number of anilines is 1. The minimum Gasteiger partial charge on any atom is -0.392 e. The minimum atomic E-state index is -0.483. The standard InChI is InChI=1S/C9H11BrFNO/c1-6(13)5-12-9-3-2-7(10)4-8(9)11/h2-4,6,12-13H,5H2,1H3/t6-/m0/s1. The number of hydrogen-bond acceptors (Lipinski definition) is 2. The number of hydrogen-bond donors (Lipinski definition) is 2. The fourth-order valence-electron chi connectivity index (χ4n) is 0.891. The first-order valence-electron chi connectivity index (χ1n) is 3.96. The molecule has 1 aromatic rings. The van der Waals surface area contributed by atoms with Crippen molar-refractivity contribution in [3.63, 3.8) is 0 Å². The summed E-state index contributed by atoms with van der Waals surface area (Å²) in [6.45, 7) is 1.99. The van der Waals surface area contributed by atoms with E-state index in [2.05, 4.69) is 21.2 Å². The SMILES string of the molecule is C[C@H](O)CNc1ccc(Br)cc1F. The lowest BCUT2D eigenvalue weighted by Crippen LogP contribution is -2.15. The molecule has 72 valence electrons. The molecule has 1 atom stereocenters. The number of rotatable bonds is 3. The van der Waals surface area contributed by atoms with Gasteiger partial charge in [-0.25, -0.2) is 4.39 Å². The lowest BCUT2D eigenvalue weighted by molar-refractivity contribution is 0.208. The number of halogens is 2. The summed E-state index contributed by atoms with van der Waals surface area (Å²) in [6.07, 6.45) is -0.483. The van der Waals surface area contributed by atoms with Crippen molar-refractivity contribution < 1.29 is 9.50 Å². The van der Waals surface area contributed by atoms with Crippen molar-refractivity contribution in [2.45, 2.75) is 13.0 Å². The number of benzene rings is 1. The molecule has 0 fully saturated rings. The van der Waals surface area contributed by atoms with Gasteiger partial charge in [0.1, 0.15) is 5.82 Å². The van der Waals surface area contributed by atoms with Crippen LogP contribution in [0, 0.1) is 5.82 Å². The molecule has 1 rings (SSSR count). The molecule has 0 spiro atoms. The molecule has 0 saturated carbocycles. The summed E-state index contributed by atoms with van der Waals surface area (Å²) in [6, 6.07) is 4.75. The summed E-state index contributed by atoms with van der Waals surface area (Å²) in [4.78, 5) is 0. The van der Waals surface area contributed by atoms with Crippen LogP contribution in [0.15, 0.2) is 22.7 Å². The number of nitrogens with one attached hydrogen (secondary N) is 1. The monoisotopic (exact) mass is 247 g/mol. The predicted molar refractivity (Wildman–Crippen MR) is 54.3 cm³/mol. The van der Waals surface area contributed by atoms with E-state index < -0.39 is 6.10 Å². The summed E-state index contributed by atoms with van der Waals surface area (Å²) in [7, 11) is 0. The van der Waals surface area contributed by atoms with Crippen LogP contribution in [-0.4, -0.2) is 17.8 Å². The Balaban J connectivity index is 2.67. The van der Waals surface area contributed by atoms with E-state index >= 15 is 0 Å². The molecule has 0 aromatic heterocycles. The molecule has 4 heteroatoms. The fourth-order valence-corrected chi connectivity index (χ4v) is 1.22. The first-order valence-corrected chi connectivity index (χ1v) is 4.76. The van der Waals surface area contributed by atoms with Gasteiger partial charge in [0.05, 0.1) is 11.8 Å². The van der Waals surface area contributed by atoms with Gasteiger partial charge in [-0.05, 0) is 25.1 Å². The largest absolute Gasteiger partial charge is 0.392 e. The van der Waals surface area contributed by atoms with E-state index in [0.717, 1.165) is 0 Å². The van der Waals surface area contributed by atoms with Crippen molar-refractivity contribution in [3.8, 4) is 0 Å². The topological polar surface area (TPSA) is 32.3 Å². The third kappa shape index (κ3) is 3.32. The van der Waals surface area contributed by atoms with E-state index in [1.54, 1.807) is 19.1 Å². The van der Waals surface area contributed by atoms with Gasteiger partial charge in [-0.2, -0.15) is 0 Å². The highest BCUT2D eigenvalue weighted by atomic mass is 79.9. The maximum absolute atomic E-state index is 13.1. The molecule has 0 saturated heterocycles. The Morgan fingerprint density at radius 2 is 2.31 bits per heavy atom. The smallest absolute Gasteiger partial charge is 0.147 e.